The molecule has 74 valence electrons. The van der Waals surface area contributed by atoms with Gasteiger partial charge in [0.1, 0.15) is 5.75 Å². The SMILES string of the molecule is CCOc1cc2nc(C)sc2cc1N. The number of nitrogens with two attached hydrogens (primary N) is 1. The van der Waals surface area contributed by atoms with Crippen molar-refractivity contribution < 1.29 is 4.74 Å². The zero-order valence-corrected chi connectivity index (χ0v) is 9.02. The van der Waals surface area contributed by atoms with E-state index in [-0.39, 0.29) is 0 Å². The van der Waals surface area contributed by atoms with Gasteiger partial charge in [-0.2, -0.15) is 0 Å². The van der Waals surface area contributed by atoms with Crippen molar-refractivity contribution >= 4 is 27.2 Å². The molecule has 0 radical (unpaired) electrons. The molecule has 4 heteroatoms. The van der Waals surface area contributed by atoms with Gasteiger partial charge >= 0.3 is 0 Å². The summed E-state index contributed by atoms with van der Waals surface area (Å²) in [5, 5.41) is 1.05. The lowest BCUT2D eigenvalue weighted by atomic mass is 10.3. The monoisotopic (exact) mass is 208 g/mol. The third kappa shape index (κ3) is 1.53. The van der Waals surface area contributed by atoms with Gasteiger partial charge in [0.2, 0.25) is 0 Å². The largest absolute Gasteiger partial charge is 0.492 e. The average Bonchev–Trinajstić information content (AvgIpc) is 2.45. The molecule has 0 fully saturated rings. The highest BCUT2D eigenvalue weighted by Gasteiger charge is 2.06. The maximum absolute atomic E-state index is 5.84. The predicted octanol–water partition coefficient (Wildman–Crippen LogP) is 2.59. The molecule has 3 nitrogen and oxygen atoms in total. The summed E-state index contributed by atoms with van der Waals surface area (Å²) in [7, 11) is 0. The number of nitrogen functional groups attached to an aromatic ring is 1. The number of aromatic nitrogens is 1. The van der Waals surface area contributed by atoms with Crippen molar-refractivity contribution in [1.82, 2.24) is 4.98 Å². The van der Waals surface area contributed by atoms with E-state index in [0.29, 0.717) is 12.3 Å². The molecule has 1 aromatic heterocycles. The number of thiazole rings is 1. The van der Waals surface area contributed by atoms with E-state index in [2.05, 4.69) is 4.98 Å². The Morgan fingerprint density at radius 3 is 3.00 bits per heavy atom. The number of fused-ring (bicyclic) bond motifs is 1. The van der Waals surface area contributed by atoms with Gasteiger partial charge < -0.3 is 10.5 Å². The summed E-state index contributed by atoms with van der Waals surface area (Å²) in [4.78, 5) is 4.38. The van der Waals surface area contributed by atoms with Gasteiger partial charge in [0.05, 0.1) is 27.5 Å². The molecule has 0 unspecified atom stereocenters. The molecule has 0 atom stereocenters. The molecule has 0 bridgehead atoms. The van der Waals surface area contributed by atoms with E-state index in [0.717, 1.165) is 21.0 Å². The van der Waals surface area contributed by atoms with Crippen molar-refractivity contribution in [2.45, 2.75) is 13.8 Å². The minimum Gasteiger partial charge on any atom is -0.492 e. The van der Waals surface area contributed by atoms with Crippen LogP contribution in [0.2, 0.25) is 0 Å². The van der Waals surface area contributed by atoms with Crippen LogP contribution in [0.4, 0.5) is 5.69 Å². The minimum absolute atomic E-state index is 0.624. The molecule has 0 saturated heterocycles. The highest BCUT2D eigenvalue weighted by Crippen LogP contribution is 2.31. The summed E-state index contributed by atoms with van der Waals surface area (Å²) in [5.41, 5.74) is 7.48. The van der Waals surface area contributed by atoms with Crippen LogP contribution in [0.25, 0.3) is 10.2 Å². The summed E-state index contributed by atoms with van der Waals surface area (Å²) in [6, 6.07) is 3.82. The fourth-order valence-corrected chi connectivity index (χ4v) is 2.22. The van der Waals surface area contributed by atoms with E-state index in [1.54, 1.807) is 11.3 Å². The molecule has 14 heavy (non-hydrogen) atoms. The molecule has 0 spiro atoms. The van der Waals surface area contributed by atoms with Crippen LogP contribution in [0.3, 0.4) is 0 Å². The number of nitrogens with zero attached hydrogens (tertiary/aromatic N) is 1. The molecule has 0 amide bonds. The van der Waals surface area contributed by atoms with E-state index >= 15 is 0 Å². The van der Waals surface area contributed by atoms with Crippen LogP contribution in [0, 0.1) is 6.92 Å². The van der Waals surface area contributed by atoms with Crippen LogP contribution in [0.15, 0.2) is 12.1 Å². The second-order valence-electron chi connectivity index (χ2n) is 3.02. The van der Waals surface area contributed by atoms with E-state index in [1.807, 2.05) is 26.0 Å². The normalized spacial score (nSPS) is 10.7. The standard InChI is InChI=1S/C10H12N2OS/c1-3-13-9-5-8-10(4-7(9)11)14-6(2)12-8/h4-5H,3,11H2,1-2H3. The van der Waals surface area contributed by atoms with Crippen LogP contribution in [0.5, 0.6) is 5.75 Å². The van der Waals surface area contributed by atoms with Crippen LogP contribution >= 0.6 is 11.3 Å². The van der Waals surface area contributed by atoms with Crippen molar-refractivity contribution in [2.24, 2.45) is 0 Å². The molecule has 0 saturated carbocycles. The highest BCUT2D eigenvalue weighted by atomic mass is 32.1. The lowest BCUT2D eigenvalue weighted by Crippen LogP contribution is -1.96. The molecule has 0 aliphatic heterocycles. The Labute approximate surface area is 86.5 Å². The summed E-state index contributed by atoms with van der Waals surface area (Å²) in [5.74, 6) is 0.727. The third-order valence-electron chi connectivity index (χ3n) is 1.93. The quantitative estimate of drug-likeness (QED) is 0.772. The second kappa shape index (κ2) is 3.46. The average molecular weight is 208 g/mol. The zero-order chi connectivity index (χ0) is 10.1. The van der Waals surface area contributed by atoms with Gasteiger partial charge in [-0.05, 0) is 19.9 Å². The van der Waals surface area contributed by atoms with E-state index < -0.39 is 0 Å². The molecule has 0 aliphatic rings. The van der Waals surface area contributed by atoms with Gasteiger partial charge in [0.15, 0.2) is 0 Å². The van der Waals surface area contributed by atoms with Gasteiger partial charge in [0.25, 0.3) is 0 Å². The first-order valence-corrected chi connectivity index (χ1v) is 5.32. The summed E-state index contributed by atoms with van der Waals surface area (Å²) in [6.45, 7) is 4.55. The predicted molar refractivity (Wildman–Crippen MR) is 59.9 cm³/mol. The molecule has 2 aromatic rings. The fourth-order valence-electron chi connectivity index (χ4n) is 1.37. The summed E-state index contributed by atoms with van der Waals surface area (Å²) < 4.78 is 6.51. The smallest absolute Gasteiger partial charge is 0.144 e. The summed E-state index contributed by atoms with van der Waals surface area (Å²) in [6.07, 6.45) is 0. The fraction of sp³-hybridized carbons (Fsp3) is 0.300. The third-order valence-corrected chi connectivity index (χ3v) is 2.86. The van der Waals surface area contributed by atoms with E-state index in [1.165, 1.54) is 0 Å². The Balaban J connectivity index is 2.58. The molecular weight excluding hydrogens is 196 g/mol. The maximum Gasteiger partial charge on any atom is 0.144 e. The number of hydrogen-bond acceptors (Lipinski definition) is 4. The van der Waals surface area contributed by atoms with Gasteiger partial charge in [-0.15, -0.1) is 11.3 Å². The molecule has 0 aliphatic carbocycles. The summed E-state index contributed by atoms with van der Waals surface area (Å²) >= 11 is 1.65. The number of rotatable bonds is 2. The van der Waals surface area contributed by atoms with Crippen LogP contribution in [0.1, 0.15) is 11.9 Å². The Hall–Kier alpha value is -1.29. The Morgan fingerprint density at radius 1 is 1.50 bits per heavy atom. The van der Waals surface area contributed by atoms with Crippen LogP contribution < -0.4 is 10.5 Å². The Morgan fingerprint density at radius 2 is 2.29 bits per heavy atom. The first kappa shape index (κ1) is 9.27. The highest BCUT2D eigenvalue weighted by molar-refractivity contribution is 7.18. The van der Waals surface area contributed by atoms with Gasteiger partial charge in [0, 0.05) is 6.07 Å². The number of hydrogen-bond donors (Lipinski definition) is 1. The molecular formula is C10H12N2OS. The minimum atomic E-state index is 0.624. The molecule has 1 aromatic carbocycles. The first-order chi connectivity index (χ1) is 6.70. The number of benzene rings is 1. The van der Waals surface area contributed by atoms with Crippen molar-refractivity contribution in [2.75, 3.05) is 12.3 Å². The Kier molecular flexibility index (Phi) is 2.29. The van der Waals surface area contributed by atoms with Crippen LogP contribution in [-0.4, -0.2) is 11.6 Å². The van der Waals surface area contributed by atoms with Crippen molar-refractivity contribution in [1.29, 1.82) is 0 Å². The number of anilines is 1. The van der Waals surface area contributed by atoms with Gasteiger partial charge in [-0.25, -0.2) is 4.98 Å². The number of ether oxygens (including phenoxy) is 1. The van der Waals surface area contributed by atoms with Crippen molar-refractivity contribution in [3.8, 4) is 5.75 Å². The van der Waals surface area contributed by atoms with E-state index in [9.17, 15) is 0 Å². The van der Waals surface area contributed by atoms with Crippen LogP contribution in [-0.2, 0) is 0 Å². The number of aryl methyl sites for hydroxylation is 1. The van der Waals surface area contributed by atoms with Crippen molar-refractivity contribution in [3.05, 3.63) is 17.1 Å². The lowest BCUT2D eigenvalue weighted by Gasteiger charge is -2.05. The van der Waals surface area contributed by atoms with E-state index in [4.69, 9.17) is 10.5 Å². The van der Waals surface area contributed by atoms with Gasteiger partial charge in [-0.3, -0.25) is 0 Å². The zero-order valence-electron chi connectivity index (χ0n) is 8.20. The van der Waals surface area contributed by atoms with Gasteiger partial charge in [-0.1, -0.05) is 0 Å². The maximum atomic E-state index is 5.84. The lowest BCUT2D eigenvalue weighted by molar-refractivity contribution is 0.342. The molecule has 2 rings (SSSR count). The first-order valence-electron chi connectivity index (χ1n) is 4.50. The second-order valence-corrected chi connectivity index (χ2v) is 4.26. The molecule has 1 heterocycles. The molecule has 2 N–H and O–H groups in total. The topological polar surface area (TPSA) is 48.1 Å². The van der Waals surface area contributed by atoms with Crippen molar-refractivity contribution in [3.63, 3.8) is 0 Å². The Bertz CT molecular complexity index is 464.